The average Bonchev–Trinajstić information content (AvgIpc) is 2.76. The third-order valence-corrected chi connectivity index (χ3v) is 3.93. The minimum absolute atomic E-state index is 0.0821. The summed E-state index contributed by atoms with van der Waals surface area (Å²) in [6.45, 7) is 2.70. The molecule has 2 rings (SSSR count). The fraction of sp³-hybridized carbons (Fsp3) is 0.385. The van der Waals surface area contributed by atoms with Crippen molar-refractivity contribution in [1.82, 2.24) is 14.8 Å². The van der Waals surface area contributed by atoms with Gasteiger partial charge in [-0.15, -0.1) is 0 Å². The molecule has 2 aromatic rings. The molecule has 108 valence electrons. The minimum Gasteiger partial charge on any atom is -0.380 e. The fourth-order valence-corrected chi connectivity index (χ4v) is 2.49. The van der Waals surface area contributed by atoms with Gasteiger partial charge >= 0.3 is 0 Å². The van der Waals surface area contributed by atoms with Crippen molar-refractivity contribution in [2.75, 3.05) is 11.6 Å². The highest BCUT2D eigenvalue weighted by Crippen LogP contribution is 2.13. The zero-order valence-electron chi connectivity index (χ0n) is 11.8. The molecule has 0 radical (unpaired) electrons. The summed E-state index contributed by atoms with van der Waals surface area (Å²) in [6.07, 6.45) is 5.53. The number of rotatable bonds is 5. The Labute approximate surface area is 118 Å². The average molecular weight is 294 g/mol. The van der Waals surface area contributed by atoms with E-state index in [1.54, 1.807) is 10.7 Å². The molecule has 0 aliphatic rings. The van der Waals surface area contributed by atoms with Gasteiger partial charge in [-0.05, 0) is 18.6 Å². The van der Waals surface area contributed by atoms with Gasteiger partial charge < -0.3 is 5.32 Å². The van der Waals surface area contributed by atoms with Crippen molar-refractivity contribution in [3.63, 3.8) is 0 Å². The standard InChI is InChI=1S/C13H18N4O2S/c1-4-12-10(9-17(2)16-12)7-14-11-5-6-13(15-8-11)20(3,18)19/h5-6,8-9,14H,4,7H2,1-3H3. The van der Waals surface area contributed by atoms with Crippen LogP contribution in [0.1, 0.15) is 18.2 Å². The topological polar surface area (TPSA) is 76.9 Å². The van der Waals surface area contributed by atoms with E-state index in [0.29, 0.717) is 6.54 Å². The van der Waals surface area contributed by atoms with Crippen molar-refractivity contribution < 1.29 is 8.42 Å². The lowest BCUT2D eigenvalue weighted by molar-refractivity contribution is 0.598. The van der Waals surface area contributed by atoms with E-state index in [1.807, 2.05) is 13.2 Å². The number of nitrogens with one attached hydrogen (secondary N) is 1. The summed E-state index contributed by atoms with van der Waals surface area (Å²) < 4.78 is 24.4. The number of pyridine rings is 1. The Kier molecular flexibility index (Phi) is 4.08. The van der Waals surface area contributed by atoms with Gasteiger partial charge in [0.05, 0.1) is 17.6 Å². The third kappa shape index (κ3) is 3.36. The van der Waals surface area contributed by atoms with Gasteiger partial charge in [0.1, 0.15) is 0 Å². The maximum atomic E-state index is 11.3. The summed E-state index contributed by atoms with van der Waals surface area (Å²) in [5.74, 6) is 0. The quantitative estimate of drug-likeness (QED) is 0.902. The highest BCUT2D eigenvalue weighted by atomic mass is 32.2. The van der Waals surface area contributed by atoms with Crippen molar-refractivity contribution in [3.8, 4) is 0 Å². The van der Waals surface area contributed by atoms with E-state index in [4.69, 9.17) is 0 Å². The first-order valence-corrected chi connectivity index (χ1v) is 8.20. The maximum absolute atomic E-state index is 11.3. The normalized spacial score (nSPS) is 11.6. The van der Waals surface area contributed by atoms with E-state index in [2.05, 4.69) is 22.3 Å². The van der Waals surface area contributed by atoms with Crippen LogP contribution in [0.3, 0.4) is 0 Å². The first-order chi connectivity index (χ1) is 9.40. The van der Waals surface area contributed by atoms with Gasteiger partial charge in [0, 0.05) is 31.6 Å². The van der Waals surface area contributed by atoms with Crippen LogP contribution in [0.2, 0.25) is 0 Å². The number of anilines is 1. The van der Waals surface area contributed by atoms with Gasteiger partial charge in [0.2, 0.25) is 0 Å². The van der Waals surface area contributed by atoms with Crippen molar-refractivity contribution in [1.29, 1.82) is 0 Å². The third-order valence-electron chi connectivity index (χ3n) is 2.93. The van der Waals surface area contributed by atoms with Gasteiger partial charge in [-0.2, -0.15) is 5.10 Å². The van der Waals surface area contributed by atoms with Crippen LogP contribution >= 0.6 is 0 Å². The molecule has 0 aliphatic heterocycles. The molecule has 0 aliphatic carbocycles. The second-order valence-corrected chi connectivity index (χ2v) is 6.60. The Bertz CT molecular complexity index is 690. The summed E-state index contributed by atoms with van der Waals surface area (Å²) in [5, 5.41) is 7.67. The Morgan fingerprint density at radius 2 is 2.10 bits per heavy atom. The molecule has 0 fully saturated rings. The molecule has 0 aromatic carbocycles. The summed E-state index contributed by atoms with van der Waals surface area (Å²) in [7, 11) is -1.35. The predicted octanol–water partition coefficient (Wildman–Crippen LogP) is 1.39. The van der Waals surface area contributed by atoms with Crippen LogP contribution in [0.15, 0.2) is 29.6 Å². The van der Waals surface area contributed by atoms with Gasteiger partial charge in [-0.25, -0.2) is 13.4 Å². The van der Waals surface area contributed by atoms with Gasteiger partial charge in [0.15, 0.2) is 14.9 Å². The Morgan fingerprint density at radius 3 is 2.65 bits per heavy atom. The molecule has 2 heterocycles. The molecule has 0 saturated heterocycles. The summed E-state index contributed by atoms with van der Waals surface area (Å²) in [6, 6.07) is 3.22. The van der Waals surface area contributed by atoms with Crippen molar-refractivity contribution in [2.45, 2.75) is 24.9 Å². The molecule has 7 heteroatoms. The summed E-state index contributed by atoms with van der Waals surface area (Å²) in [4.78, 5) is 3.94. The Hall–Kier alpha value is -1.89. The minimum atomic E-state index is -3.25. The van der Waals surface area contributed by atoms with Gasteiger partial charge in [-0.1, -0.05) is 6.92 Å². The number of aromatic nitrogens is 3. The van der Waals surface area contributed by atoms with Gasteiger partial charge in [0.25, 0.3) is 0 Å². The van der Waals surface area contributed by atoms with Crippen LogP contribution in [0.4, 0.5) is 5.69 Å². The van der Waals surface area contributed by atoms with E-state index >= 15 is 0 Å². The van der Waals surface area contributed by atoms with Crippen LogP contribution < -0.4 is 5.32 Å². The van der Waals surface area contributed by atoms with E-state index in [1.165, 1.54) is 12.3 Å². The van der Waals surface area contributed by atoms with Crippen molar-refractivity contribution in [3.05, 3.63) is 35.8 Å². The lowest BCUT2D eigenvalue weighted by atomic mass is 10.2. The highest BCUT2D eigenvalue weighted by molar-refractivity contribution is 7.90. The molecule has 0 unspecified atom stereocenters. The number of hydrogen-bond acceptors (Lipinski definition) is 5. The molecular formula is C13H18N4O2S. The number of nitrogens with zero attached hydrogens (tertiary/aromatic N) is 3. The highest BCUT2D eigenvalue weighted by Gasteiger charge is 2.09. The molecule has 0 atom stereocenters. The van der Waals surface area contributed by atoms with Crippen LogP contribution in [0.5, 0.6) is 0 Å². The fourth-order valence-electron chi connectivity index (χ4n) is 1.93. The summed E-state index contributed by atoms with van der Waals surface area (Å²) in [5.41, 5.74) is 2.96. The van der Waals surface area contributed by atoms with Crippen molar-refractivity contribution in [2.24, 2.45) is 7.05 Å². The molecule has 20 heavy (non-hydrogen) atoms. The van der Waals surface area contributed by atoms with Crippen LogP contribution in [-0.4, -0.2) is 29.4 Å². The maximum Gasteiger partial charge on any atom is 0.192 e. The largest absolute Gasteiger partial charge is 0.380 e. The molecular weight excluding hydrogens is 276 g/mol. The number of aryl methyl sites for hydroxylation is 2. The molecule has 1 N–H and O–H groups in total. The smallest absolute Gasteiger partial charge is 0.192 e. The SMILES string of the molecule is CCc1nn(C)cc1CNc1ccc(S(C)(=O)=O)nc1. The summed E-state index contributed by atoms with van der Waals surface area (Å²) >= 11 is 0. The Morgan fingerprint density at radius 1 is 1.35 bits per heavy atom. The molecule has 0 bridgehead atoms. The second kappa shape index (κ2) is 5.62. The van der Waals surface area contributed by atoms with Crippen molar-refractivity contribution >= 4 is 15.5 Å². The van der Waals surface area contributed by atoms with E-state index < -0.39 is 9.84 Å². The zero-order chi connectivity index (χ0) is 14.8. The number of hydrogen-bond donors (Lipinski definition) is 1. The lowest BCUT2D eigenvalue weighted by Gasteiger charge is -2.06. The van der Waals surface area contributed by atoms with Crippen LogP contribution in [0.25, 0.3) is 0 Å². The van der Waals surface area contributed by atoms with E-state index in [-0.39, 0.29) is 5.03 Å². The lowest BCUT2D eigenvalue weighted by Crippen LogP contribution is -2.04. The monoisotopic (exact) mass is 294 g/mol. The van der Waals surface area contributed by atoms with E-state index in [0.717, 1.165) is 29.6 Å². The molecule has 6 nitrogen and oxygen atoms in total. The van der Waals surface area contributed by atoms with Crippen LogP contribution in [0, 0.1) is 0 Å². The van der Waals surface area contributed by atoms with Gasteiger partial charge in [-0.3, -0.25) is 4.68 Å². The van der Waals surface area contributed by atoms with E-state index in [9.17, 15) is 8.42 Å². The first kappa shape index (κ1) is 14.5. The van der Waals surface area contributed by atoms with Crippen LogP contribution in [-0.2, 0) is 29.9 Å². The first-order valence-electron chi connectivity index (χ1n) is 6.31. The second-order valence-electron chi connectivity index (χ2n) is 4.64. The molecule has 0 spiro atoms. The Balaban J connectivity index is 2.07. The molecule has 0 amide bonds. The number of sulfone groups is 1. The zero-order valence-corrected chi connectivity index (χ0v) is 12.6. The predicted molar refractivity (Wildman–Crippen MR) is 77.3 cm³/mol. The molecule has 0 saturated carbocycles. The molecule has 2 aromatic heterocycles.